The third kappa shape index (κ3) is 2.86. The molecule has 3 rings (SSSR count). The number of pyridine rings is 1. The van der Waals surface area contributed by atoms with E-state index in [4.69, 9.17) is 0 Å². The van der Waals surface area contributed by atoms with E-state index in [1.54, 1.807) is 11.8 Å². The van der Waals surface area contributed by atoms with Crippen LogP contribution in [0.1, 0.15) is 29.5 Å². The van der Waals surface area contributed by atoms with E-state index in [1.165, 1.54) is 29.5 Å². The van der Waals surface area contributed by atoms with E-state index in [0.29, 0.717) is 0 Å². The number of benzene rings is 1. The Labute approximate surface area is 131 Å². The fraction of sp³-hybridized carbons (Fsp3) is 0.312. The number of aromatic nitrogens is 1. The van der Waals surface area contributed by atoms with Gasteiger partial charge in [-0.3, -0.25) is 4.79 Å². The van der Waals surface area contributed by atoms with E-state index in [-0.39, 0.29) is 5.56 Å². The van der Waals surface area contributed by atoms with Gasteiger partial charge in [-0.05, 0) is 58.3 Å². The number of fused-ring (bicyclic) bond motifs is 1. The summed E-state index contributed by atoms with van der Waals surface area (Å²) in [7, 11) is 0. The van der Waals surface area contributed by atoms with Gasteiger partial charge in [0, 0.05) is 5.75 Å². The highest BCUT2D eigenvalue weighted by molar-refractivity contribution is 9.10. The molecule has 1 aromatic heterocycles. The molecule has 0 amide bonds. The van der Waals surface area contributed by atoms with Crippen molar-refractivity contribution in [3.63, 3.8) is 0 Å². The third-order valence-electron chi connectivity index (χ3n) is 3.66. The van der Waals surface area contributed by atoms with Crippen LogP contribution in [0, 0.1) is 0 Å². The van der Waals surface area contributed by atoms with Crippen LogP contribution >= 0.6 is 27.7 Å². The summed E-state index contributed by atoms with van der Waals surface area (Å²) in [6.45, 7) is 0. The normalized spacial score (nSPS) is 14.1. The maximum atomic E-state index is 12.0. The molecule has 0 saturated carbocycles. The maximum Gasteiger partial charge on any atom is 0.263 e. The van der Waals surface area contributed by atoms with Gasteiger partial charge < -0.3 is 4.98 Å². The smallest absolute Gasteiger partial charge is 0.263 e. The molecule has 2 aromatic rings. The van der Waals surface area contributed by atoms with E-state index < -0.39 is 0 Å². The van der Waals surface area contributed by atoms with Gasteiger partial charge in [-0.2, -0.15) is 0 Å². The van der Waals surface area contributed by atoms with Crippen LogP contribution in [0.4, 0.5) is 0 Å². The van der Waals surface area contributed by atoms with Crippen LogP contribution in [0.15, 0.2) is 44.6 Å². The van der Waals surface area contributed by atoms with Crippen LogP contribution in [0.5, 0.6) is 0 Å². The molecule has 1 heterocycles. The van der Waals surface area contributed by atoms with Gasteiger partial charge in [0.25, 0.3) is 5.56 Å². The van der Waals surface area contributed by atoms with Crippen LogP contribution in [0.2, 0.25) is 0 Å². The SMILES string of the molecule is O=c1[nH]c(SCc2ccccc2)c2c(c1Br)CCCC2. The molecule has 1 aliphatic rings. The number of aromatic amines is 1. The minimum absolute atomic E-state index is 0.00112. The first-order valence-electron chi connectivity index (χ1n) is 6.86. The summed E-state index contributed by atoms with van der Waals surface area (Å²) in [6.07, 6.45) is 4.47. The zero-order valence-electron chi connectivity index (χ0n) is 11.1. The van der Waals surface area contributed by atoms with Crippen molar-refractivity contribution in [1.29, 1.82) is 0 Å². The van der Waals surface area contributed by atoms with Gasteiger partial charge in [-0.25, -0.2) is 0 Å². The Morgan fingerprint density at radius 1 is 1.10 bits per heavy atom. The van der Waals surface area contributed by atoms with E-state index in [9.17, 15) is 4.79 Å². The molecule has 0 bridgehead atoms. The minimum Gasteiger partial charge on any atom is -0.316 e. The number of hydrogen-bond donors (Lipinski definition) is 1. The molecule has 0 spiro atoms. The lowest BCUT2D eigenvalue weighted by atomic mass is 9.93. The lowest BCUT2D eigenvalue weighted by Gasteiger charge is -2.19. The van der Waals surface area contributed by atoms with Gasteiger partial charge in [-0.15, -0.1) is 11.8 Å². The molecule has 1 N–H and O–H groups in total. The Morgan fingerprint density at radius 3 is 2.55 bits per heavy atom. The summed E-state index contributed by atoms with van der Waals surface area (Å²) in [6, 6.07) is 10.4. The highest BCUT2D eigenvalue weighted by Gasteiger charge is 2.19. The van der Waals surface area contributed by atoms with Gasteiger partial charge >= 0.3 is 0 Å². The number of hydrogen-bond acceptors (Lipinski definition) is 2. The predicted octanol–water partition coefficient (Wildman–Crippen LogP) is 4.31. The largest absolute Gasteiger partial charge is 0.316 e. The zero-order valence-corrected chi connectivity index (χ0v) is 13.5. The molecule has 2 nitrogen and oxygen atoms in total. The van der Waals surface area contributed by atoms with E-state index >= 15 is 0 Å². The average molecular weight is 350 g/mol. The number of thioether (sulfide) groups is 1. The Kier molecular flexibility index (Phi) is 4.32. The Hall–Kier alpha value is -1.00. The van der Waals surface area contributed by atoms with Crippen LogP contribution in [-0.2, 0) is 18.6 Å². The Balaban J connectivity index is 1.90. The number of halogens is 1. The van der Waals surface area contributed by atoms with Gasteiger partial charge in [-0.1, -0.05) is 30.3 Å². The minimum atomic E-state index is 0.00112. The second kappa shape index (κ2) is 6.19. The molecule has 0 fully saturated rings. The topological polar surface area (TPSA) is 32.9 Å². The third-order valence-corrected chi connectivity index (χ3v) is 5.61. The standard InChI is InChI=1S/C16H16BrNOS/c17-14-12-8-4-5-9-13(12)16(18-15(14)19)20-10-11-6-2-1-3-7-11/h1-3,6-7H,4-5,8-10H2,(H,18,19). The quantitative estimate of drug-likeness (QED) is 0.837. The number of rotatable bonds is 3. The summed E-state index contributed by atoms with van der Waals surface area (Å²) < 4.78 is 0.733. The number of nitrogens with one attached hydrogen (secondary N) is 1. The van der Waals surface area contributed by atoms with Gasteiger partial charge in [0.05, 0.1) is 9.50 Å². The fourth-order valence-electron chi connectivity index (χ4n) is 2.62. The van der Waals surface area contributed by atoms with Gasteiger partial charge in [0.1, 0.15) is 0 Å². The van der Waals surface area contributed by atoms with Crippen molar-refractivity contribution in [2.45, 2.75) is 36.5 Å². The van der Waals surface area contributed by atoms with E-state index in [0.717, 1.165) is 28.1 Å². The molecule has 0 unspecified atom stereocenters. The molecule has 4 heteroatoms. The molecule has 0 radical (unpaired) electrons. The Morgan fingerprint density at radius 2 is 1.80 bits per heavy atom. The van der Waals surface area contributed by atoms with Crippen molar-refractivity contribution in [3.8, 4) is 0 Å². The van der Waals surface area contributed by atoms with Crippen LogP contribution < -0.4 is 5.56 Å². The summed E-state index contributed by atoms with van der Waals surface area (Å²) >= 11 is 5.18. The predicted molar refractivity (Wildman–Crippen MR) is 87.4 cm³/mol. The summed E-state index contributed by atoms with van der Waals surface area (Å²) in [5.41, 5.74) is 3.84. The summed E-state index contributed by atoms with van der Waals surface area (Å²) in [4.78, 5) is 15.0. The van der Waals surface area contributed by atoms with Crippen molar-refractivity contribution >= 4 is 27.7 Å². The fourth-order valence-corrected chi connectivity index (χ4v) is 4.23. The summed E-state index contributed by atoms with van der Waals surface area (Å²) in [5.74, 6) is 0.894. The lowest BCUT2D eigenvalue weighted by Crippen LogP contribution is -2.17. The highest BCUT2D eigenvalue weighted by Crippen LogP contribution is 2.33. The van der Waals surface area contributed by atoms with Crippen molar-refractivity contribution in [1.82, 2.24) is 4.98 Å². The average Bonchev–Trinajstić information content (AvgIpc) is 2.50. The number of H-pyrrole nitrogens is 1. The van der Waals surface area contributed by atoms with Crippen LogP contribution in [0.25, 0.3) is 0 Å². The zero-order chi connectivity index (χ0) is 13.9. The van der Waals surface area contributed by atoms with Crippen molar-refractivity contribution in [3.05, 3.63) is 61.8 Å². The molecule has 0 saturated heterocycles. The van der Waals surface area contributed by atoms with Crippen LogP contribution in [-0.4, -0.2) is 4.98 Å². The van der Waals surface area contributed by atoms with Crippen molar-refractivity contribution in [2.24, 2.45) is 0 Å². The first-order chi connectivity index (χ1) is 9.75. The lowest BCUT2D eigenvalue weighted by molar-refractivity contribution is 0.661. The van der Waals surface area contributed by atoms with E-state index in [1.807, 2.05) is 6.07 Å². The summed E-state index contributed by atoms with van der Waals surface area (Å²) in [5, 5.41) is 1.05. The van der Waals surface area contributed by atoms with Crippen molar-refractivity contribution < 1.29 is 0 Å². The first kappa shape index (κ1) is 14.0. The molecular weight excluding hydrogens is 334 g/mol. The Bertz CT molecular complexity index is 666. The molecular formula is C16H16BrNOS. The first-order valence-corrected chi connectivity index (χ1v) is 8.64. The molecule has 0 atom stereocenters. The van der Waals surface area contributed by atoms with Gasteiger partial charge in [0.2, 0.25) is 0 Å². The van der Waals surface area contributed by atoms with E-state index in [2.05, 4.69) is 45.2 Å². The van der Waals surface area contributed by atoms with Crippen molar-refractivity contribution in [2.75, 3.05) is 0 Å². The molecule has 1 aliphatic carbocycles. The monoisotopic (exact) mass is 349 g/mol. The molecule has 20 heavy (non-hydrogen) atoms. The molecule has 1 aromatic carbocycles. The molecule has 104 valence electrons. The second-order valence-electron chi connectivity index (χ2n) is 5.04. The second-order valence-corrected chi connectivity index (χ2v) is 6.81. The van der Waals surface area contributed by atoms with Gasteiger partial charge in [0.15, 0.2) is 0 Å². The maximum absolute atomic E-state index is 12.0. The van der Waals surface area contributed by atoms with Crippen LogP contribution in [0.3, 0.4) is 0 Å². The highest BCUT2D eigenvalue weighted by atomic mass is 79.9. The molecule has 0 aliphatic heterocycles.